The van der Waals surface area contributed by atoms with E-state index in [4.69, 9.17) is 9.47 Å². The van der Waals surface area contributed by atoms with Crippen LogP contribution < -0.4 is 14.8 Å². The van der Waals surface area contributed by atoms with Crippen LogP contribution >= 0.6 is 0 Å². The zero-order valence-corrected chi connectivity index (χ0v) is 19.6. The lowest BCUT2D eigenvalue weighted by Crippen LogP contribution is -2.26. The highest BCUT2D eigenvalue weighted by Crippen LogP contribution is 2.24. The van der Waals surface area contributed by atoms with Crippen LogP contribution in [0.25, 0.3) is 0 Å². The third kappa shape index (κ3) is 5.67. The first-order valence-corrected chi connectivity index (χ1v) is 12.2. The Labute approximate surface area is 202 Å². The second-order valence-corrected chi connectivity index (χ2v) is 9.23. The van der Waals surface area contributed by atoms with Crippen molar-refractivity contribution in [2.24, 2.45) is 4.99 Å². The number of sulfonamides is 1. The number of carbonyl (C=O) groups is 2. The molecule has 0 aliphatic carbocycles. The Bertz CT molecular complexity index is 1370. The lowest BCUT2D eigenvalue weighted by atomic mass is 10.1. The van der Waals surface area contributed by atoms with Gasteiger partial charge in [-0.1, -0.05) is 48.5 Å². The number of amides is 1. The van der Waals surface area contributed by atoms with E-state index in [1.165, 1.54) is 13.2 Å². The number of methoxy groups -OCH3 is 1. The van der Waals surface area contributed by atoms with Gasteiger partial charge in [0.05, 0.1) is 25.0 Å². The molecule has 180 valence electrons. The molecule has 1 aliphatic rings. The maximum Gasteiger partial charge on any atom is 0.308 e. The minimum Gasteiger partial charge on any atom is -0.497 e. The average molecular weight is 494 g/mol. The van der Waals surface area contributed by atoms with Crippen molar-refractivity contribution >= 4 is 33.4 Å². The van der Waals surface area contributed by atoms with Crippen LogP contribution in [-0.2, 0) is 24.3 Å². The second kappa shape index (κ2) is 10.4. The summed E-state index contributed by atoms with van der Waals surface area (Å²) >= 11 is 0. The Morgan fingerprint density at radius 3 is 2.51 bits per heavy atom. The number of hydrogen-bond acceptors (Lipinski definition) is 7. The Morgan fingerprint density at radius 1 is 1.00 bits per heavy atom. The van der Waals surface area contributed by atoms with Gasteiger partial charge in [0.1, 0.15) is 11.6 Å². The highest BCUT2D eigenvalue weighted by molar-refractivity contribution is 7.90. The zero-order chi connectivity index (χ0) is 24.8. The molecule has 0 saturated carbocycles. The zero-order valence-electron chi connectivity index (χ0n) is 18.8. The molecule has 0 radical (unpaired) electrons. The molecule has 0 fully saturated rings. The SMILES string of the molecule is COc1cccc(NC(=O)C(OC(=O)CCN=C2NS(=O)(=O)c3ccccc32)c2ccccc2)c1. The number of nitrogens with zero attached hydrogens (tertiary/aromatic N) is 1. The van der Waals surface area contributed by atoms with Gasteiger partial charge in [-0.05, 0) is 24.3 Å². The lowest BCUT2D eigenvalue weighted by molar-refractivity contribution is -0.154. The topological polar surface area (TPSA) is 123 Å². The Morgan fingerprint density at radius 2 is 1.74 bits per heavy atom. The number of benzene rings is 3. The van der Waals surface area contributed by atoms with E-state index >= 15 is 0 Å². The summed E-state index contributed by atoms with van der Waals surface area (Å²) < 4.78 is 37.5. The minimum absolute atomic E-state index is 0.0238. The molecular formula is C25H23N3O6S. The predicted octanol–water partition coefficient (Wildman–Crippen LogP) is 3.05. The van der Waals surface area contributed by atoms with Crippen LogP contribution in [0, 0.1) is 0 Å². The molecule has 9 nitrogen and oxygen atoms in total. The third-order valence-electron chi connectivity index (χ3n) is 5.18. The van der Waals surface area contributed by atoms with E-state index in [-0.39, 0.29) is 23.7 Å². The van der Waals surface area contributed by atoms with Crippen molar-refractivity contribution < 1.29 is 27.5 Å². The Hall–Kier alpha value is -4.18. The van der Waals surface area contributed by atoms with Gasteiger partial charge in [0.25, 0.3) is 15.9 Å². The van der Waals surface area contributed by atoms with Crippen molar-refractivity contribution in [3.63, 3.8) is 0 Å². The lowest BCUT2D eigenvalue weighted by Gasteiger charge is -2.18. The number of rotatable bonds is 8. The fourth-order valence-corrected chi connectivity index (χ4v) is 4.76. The van der Waals surface area contributed by atoms with E-state index in [0.717, 1.165) is 0 Å². The Balaban J connectivity index is 1.44. The van der Waals surface area contributed by atoms with E-state index in [2.05, 4.69) is 15.0 Å². The first-order chi connectivity index (χ1) is 16.9. The largest absolute Gasteiger partial charge is 0.497 e. The molecule has 0 bridgehead atoms. The normalized spacial score (nSPS) is 15.5. The summed E-state index contributed by atoms with van der Waals surface area (Å²) in [6.07, 6.45) is -1.34. The van der Waals surface area contributed by atoms with Crippen LogP contribution in [0.4, 0.5) is 5.69 Å². The third-order valence-corrected chi connectivity index (χ3v) is 6.57. The number of amidine groups is 1. The summed E-state index contributed by atoms with van der Waals surface area (Å²) in [6.45, 7) is -0.0238. The number of nitrogens with one attached hydrogen (secondary N) is 2. The monoisotopic (exact) mass is 493 g/mol. The van der Waals surface area contributed by atoms with E-state index in [9.17, 15) is 18.0 Å². The molecule has 3 aromatic carbocycles. The number of esters is 1. The summed E-state index contributed by atoms with van der Waals surface area (Å²) in [4.78, 5) is 30.0. The molecule has 35 heavy (non-hydrogen) atoms. The summed E-state index contributed by atoms with van der Waals surface area (Å²) in [6, 6.07) is 21.9. The van der Waals surface area contributed by atoms with E-state index in [1.807, 2.05) is 0 Å². The molecular weight excluding hydrogens is 470 g/mol. The van der Waals surface area contributed by atoms with Crippen LogP contribution in [-0.4, -0.2) is 39.8 Å². The first kappa shape index (κ1) is 24.0. The molecule has 1 aliphatic heterocycles. The highest BCUT2D eigenvalue weighted by Gasteiger charge is 2.30. The fraction of sp³-hybridized carbons (Fsp3) is 0.160. The van der Waals surface area contributed by atoms with Crippen molar-refractivity contribution in [2.75, 3.05) is 19.0 Å². The summed E-state index contributed by atoms with van der Waals surface area (Å²) in [5.74, 6) is -0.442. The quantitative estimate of drug-likeness (QED) is 0.465. The summed E-state index contributed by atoms with van der Waals surface area (Å²) in [7, 11) is -2.14. The van der Waals surface area contributed by atoms with Gasteiger partial charge in [0.15, 0.2) is 0 Å². The number of ether oxygens (including phenoxy) is 2. The van der Waals surface area contributed by atoms with Gasteiger partial charge in [-0.25, -0.2) is 8.42 Å². The van der Waals surface area contributed by atoms with Crippen LogP contribution in [0.15, 0.2) is 88.8 Å². The van der Waals surface area contributed by atoms with E-state index in [1.54, 1.807) is 72.8 Å². The number of anilines is 1. The number of hydrogen-bond donors (Lipinski definition) is 2. The first-order valence-electron chi connectivity index (χ1n) is 10.7. The summed E-state index contributed by atoms with van der Waals surface area (Å²) in [5.41, 5.74) is 1.44. The molecule has 4 rings (SSSR count). The van der Waals surface area contributed by atoms with Crippen molar-refractivity contribution in [1.82, 2.24) is 4.72 Å². The van der Waals surface area contributed by atoms with Gasteiger partial charge in [0.2, 0.25) is 6.10 Å². The average Bonchev–Trinajstić information content (AvgIpc) is 3.13. The maximum absolute atomic E-state index is 13.0. The second-order valence-electron chi connectivity index (χ2n) is 7.58. The molecule has 0 aromatic heterocycles. The maximum atomic E-state index is 13.0. The highest BCUT2D eigenvalue weighted by atomic mass is 32.2. The molecule has 1 heterocycles. The standard InChI is InChI=1S/C25H23N3O6S/c1-33-19-11-7-10-18(16-19)27-25(30)23(17-8-3-2-4-9-17)34-22(29)14-15-26-24-20-12-5-6-13-21(20)35(31,32)28-24/h2-13,16,23H,14-15H2,1H3,(H,26,28)(H,27,30). The van der Waals surface area contributed by atoms with Crippen molar-refractivity contribution in [3.8, 4) is 5.75 Å². The van der Waals surface area contributed by atoms with Gasteiger partial charge in [-0.3, -0.25) is 19.3 Å². The smallest absolute Gasteiger partial charge is 0.308 e. The molecule has 0 saturated heterocycles. The molecule has 3 aromatic rings. The van der Waals surface area contributed by atoms with Crippen LogP contribution in [0.2, 0.25) is 0 Å². The van der Waals surface area contributed by atoms with Crippen LogP contribution in [0.3, 0.4) is 0 Å². The number of fused-ring (bicyclic) bond motifs is 1. The van der Waals surface area contributed by atoms with Gasteiger partial charge >= 0.3 is 5.97 Å². The van der Waals surface area contributed by atoms with Crippen LogP contribution in [0.5, 0.6) is 5.75 Å². The van der Waals surface area contributed by atoms with Gasteiger partial charge in [-0.2, -0.15) is 0 Å². The van der Waals surface area contributed by atoms with Gasteiger partial charge < -0.3 is 14.8 Å². The fourth-order valence-electron chi connectivity index (χ4n) is 3.51. The van der Waals surface area contributed by atoms with E-state index in [0.29, 0.717) is 22.6 Å². The number of aliphatic imine (C=N–C) groups is 1. The summed E-state index contributed by atoms with van der Waals surface area (Å²) in [5, 5.41) is 2.74. The molecule has 0 spiro atoms. The molecule has 10 heteroatoms. The van der Waals surface area contributed by atoms with Gasteiger partial charge in [-0.15, -0.1) is 0 Å². The molecule has 1 amide bonds. The van der Waals surface area contributed by atoms with Crippen molar-refractivity contribution in [1.29, 1.82) is 0 Å². The van der Waals surface area contributed by atoms with Crippen molar-refractivity contribution in [2.45, 2.75) is 17.4 Å². The molecule has 2 N–H and O–H groups in total. The van der Waals surface area contributed by atoms with Crippen LogP contribution in [0.1, 0.15) is 23.7 Å². The molecule has 1 unspecified atom stereocenters. The van der Waals surface area contributed by atoms with Gasteiger partial charge in [0, 0.05) is 22.9 Å². The Kier molecular flexibility index (Phi) is 7.11. The van der Waals surface area contributed by atoms with E-state index < -0.39 is 28.0 Å². The minimum atomic E-state index is -3.67. The van der Waals surface area contributed by atoms with Crippen molar-refractivity contribution in [3.05, 3.63) is 90.0 Å². The number of carbonyl (C=O) groups excluding carboxylic acids is 2. The molecule has 1 atom stereocenters. The predicted molar refractivity (Wildman–Crippen MR) is 130 cm³/mol.